The van der Waals surface area contributed by atoms with Crippen molar-refractivity contribution in [2.24, 2.45) is 0 Å². The maximum atomic E-state index is 12.8. The Bertz CT molecular complexity index is 756. The van der Waals surface area contributed by atoms with Gasteiger partial charge in [0, 0.05) is 31.0 Å². The largest absolute Gasteiger partial charge is 0.497 e. The minimum absolute atomic E-state index is 0.00255. The molecule has 0 atom stereocenters. The van der Waals surface area contributed by atoms with Crippen LogP contribution in [0.2, 0.25) is 0 Å². The van der Waals surface area contributed by atoms with Crippen molar-refractivity contribution in [1.82, 2.24) is 9.88 Å². The molecule has 6 heteroatoms. The summed E-state index contributed by atoms with van der Waals surface area (Å²) in [5.74, 6) is 1.39. The third-order valence-electron chi connectivity index (χ3n) is 4.56. The summed E-state index contributed by atoms with van der Waals surface area (Å²) in [6.45, 7) is 1.62. The molecule has 0 unspecified atom stereocenters. The molecule has 2 heterocycles. The Balaban J connectivity index is 1.78. The molecule has 0 bridgehead atoms. The fourth-order valence-corrected chi connectivity index (χ4v) is 3.12. The van der Waals surface area contributed by atoms with Gasteiger partial charge in [0.25, 0.3) is 5.91 Å². The standard InChI is InChI=1S/C20H25N3O3/c1-25-16-7-8-17(19(14-16)26-2)22-15-9-10-21-18(13-15)20(24)23-11-5-3-4-6-12-23/h7-10,13-14H,3-6,11-12H2,1-2H3,(H,21,22). The summed E-state index contributed by atoms with van der Waals surface area (Å²) in [5, 5.41) is 3.29. The van der Waals surface area contributed by atoms with Crippen molar-refractivity contribution in [1.29, 1.82) is 0 Å². The molecule has 1 saturated heterocycles. The first-order valence-corrected chi connectivity index (χ1v) is 8.95. The molecule has 0 saturated carbocycles. The molecule has 1 aromatic carbocycles. The zero-order valence-electron chi connectivity index (χ0n) is 15.3. The molecule has 1 fully saturated rings. The van der Waals surface area contributed by atoms with Crippen LogP contribution in [0.15, 0.2) is 36.5 Å². The number of amides is 1. The minimum atomic E-state index is -0.00255. The summed E-state index contributed by atoms with van der Waals surface area (Å²) in [7, 11) is 3.23. The minimum Gasteiger partial charge on any atom is -0.497 e. The number of hydrogen-bond acceptors (Lipinski definition) is 5. The summed E-state index contributed by atoms with van der Waals surface area (Å²) in [6.07, 6.45) is 6.16. The molecular weight excluding hydrogens is 330 g/mol. The van der Waals surface area contributed by atoms with E-state index in [1.54, 1.807) is 26.5 Å². The van der Waals surface area contributed by atoms with Gasteiger partial charge >= 0.3 is 0 Å². The zero-order chi connectivity index (χ0) is 18.4. The fraction of sp³-hybridized carbons (Fsp3) is 0.400. The number of carbonyl (C=O) groups is 1. The summed E-state index contributed by atoms with van der Waals surface area (Å²) in [4.78, 5) is 18.9. The molecule has 1 aliphatic heterocycles. The topological polar surface area (TPSA) is 63.7 Å². The first-order chi connectivity index (χ1) is 12.7. The van der Waals surface area contributed by atoms with Crippen LogP contribution in [-0.4, -0.2) is 43.1 Å². The molecule has 1 aliphatic rings. The van der Waals surface area contributed by atoms with Crippen molar-refractivity contribution < 1.29 is 14.3 Å². The highest BCUT2D eigenvalue weighted by Gasteiger charge is 2.18. The van der Waals surface area contributed by atoms with Gasteiger partial charge in [0.2, 0.25) is 0 Å². The predicted molar refractivity (Wildman–Crippen MR) is 101 cm³/mol. The molecule has 1 aromatic heterocycles. The molecule has 0 spiro atoms. The molecule has 26 heavy (non-hydrogen) atoms. The molecule has 0 aliphatic carbocycles. The van der Waals surface area contributed by atoms with E-state index in [0.717, 1.165) is 43.1 Å². The van der Waals surface area contributed by atoms with E-state index in [1.165, 1.54) is 12.8 Å². The maximum Gasteiger partial charge on any atom is 0.272 e. The third kappa shape index (κ3) is 4.25. The number of pyridine rings is 1. The van der Waals surface area contributed by atoms with Gasteiger partial charge in [-0.3, -0.25) is 9.78 Å². The Kier molecular flexibility index (Phi) is 5.94. The number of nitrogens with one attached hydrogen (secondary N) is 1. The average Bonchev–Trinajstić information content (AvgIpc) is 2.97. The zero-order valence-corrected chi connectivity index (χ0v) is 15.3. The van der Waals surface area contributed by atoms with E-state index >= 15 is 0 Å². The molecule has 1 N–H and O–H groups in total. The van der Waals surface area contributed by atoms with Crippen LogP contribution < -0.4 is 14.8 Å². The van der Waals surface area contributed by atoms with Gasteiger partial charge in [0.15, 0.2) is 0 Å². The van der Waals surface area contributed by atoms with Crippen LogP contribution >= 0.6 is 0 Å². The fourth-order valence-electron chi connectivity index (χ4n) is 3.12. The van der Waals surface area contributed by atoms with Crippen molar-refractivity contribution in [2.75, 3.05) is 32.6 Å². The normalized spacial score (nSPS) is 14.5. The van der Waals surface area contributed by atoms with Gasteiger partial charge < -0.3 is 19.7 Å². The monoisotopic (exact) mass is 355 g/mol. The number of aromatic nitrogens is 1. The van der Waals surface area contributed by atoms with E-state index in [9.17, 15) is 4.79 Å². The number of anilines is 2. The lowest BCUT2D eigenvalue weighted by molar-refractivity contribution is 0.0756. The average molecular weight is 355 g/mol. The number of methoxy groups -OCH3 is 2. The number of benzene rings is 1. The summed E-state index contributed by atoms with van der Waals surface area (Å²) in [6, 6.07) is 9.18. The smallest absolute Gasteiger partial charge is 0.272 e. The Morgan fingerprint density at radius 2 is 1.81 bits per heavy atom. The highest BCUT2D eigenvalue weighted by molar-refractivity contribution is 5.93. The van der Waals surface area contributed by atoms with Crippen molar-refractivity contribution in [3.63, 3.8) is 0 Å². The van der Waals surface area contributed by atoms with E-state index in [1.807, 2.05) is 29.2 Å². The lowest BCUT2D eigenvalue weighted by Crippen LogP contribution is -2.32. The van der Waals surface area contributed by atoms with Crippen LogP contribution in [0.5, 0.6) is 11.5 Å². The maximum absolute atomic E-state index is 12.8. The number of carbonyl (C=O) groups excluding carboxylic acids is 1. The Labute approximate surface area is 154 Å². The van der Waals surface area contributed by atoms with Gasteiger partial charge in [0.1, 0.15) is 17.2 Å². The summed E-state index contributed by atoms with van der Waals surface area (Å²) in [5.41, 5.74) is 2.05. The van der Waals surface area contributed by atoms with Crippen LogP contribution in [0.4, 0.5) is 11.4 Å². The van der Waals surface area contributed by atoms with E-state index in [4.69, 9.17) is 9.47 Å². The van der Waals surface area contributed by atoms with Crippen molar-refractivity contribution >= 4 is 17.3 Å². The first-order valence-electron chi connectivity index (χ1n) is 8.95. The van der Waals surface area contributed by atoms with Gasteiger partial charge in [0.05, 0.1) is 19.9 Å². The van der Waals surface area contributed by atoms with E-state index in [2.05, 4.69) is 10.3 Å². The second kappa shape index (κ2) is 8.56. The predicted octanol–water partition coefficient (Wildman–Crippen LogP) is 3.86. The summed E-state index contributed by atoms with van der Waals surface area (Å²) < 4.78 is 10.6. The van der Waals surface area contributed by atoms with Gasteiger partial charge in [-0.15, -0.1) is 0 Å². The molecule has 0 radical (unpaired) electrons. The van der Waals surface area contributed by atoms with E-state index < -0.39 is 0 Å². The highest BCUT2D eigenvalue weighted by atomic mass is 16.5. The second-order valence-corrected chi connectivity index (χ2v) is 6.33. The van der Waals surface area contributed by atoms with Crippen LogP contribution in [0.3, 0.4) is 0 Å². The molecule has 2 aromatic rings. The Morgan fingerprint density at radius 1 is 1.04 bits per heavy atom. The highest BCUT2D eigenvalue weighted by Crippen LogP contribution is 2.31. The van der Waals surface area contributed by atoms with Crippen LogP contribution in [0.1, 0.15) is 36.2 Å². The van der Waals surface area contributed by atoms with Gasteiger partial charge in [-0.05, 0) is 37.1 Å². The molecule has 3 rings (SSSR count). The third-order valence-corrected chi connectivity index (χ3v) is 4.56. The van der Waals surface area contributed by atoms with Gasteiger partial charge in [-0.25, -0.2) is 0 Å². The number of likely N-dealkylation sites (tertiary alicyclic amines) is 1. The molecule has 138 valence electrons. The number of rotatable bonds is 5. The van der Waals surface area contributed by atoms with E-state index in [0.29, 0.717) is 11.4 Å². The van der Waals surface area contributed by atoms with E-state index in [-0.39, 0.29) is 5.91 Å². The lowest BCUT2D eigenvalue weighted by Gasteiger charge is -2.20. The number of hydrogen-bond donors (Lipinski definition) is 1. The van der Waals surface area contributed by atoms with Crippen molar-refractivity contribution in [3.05, 3.63) is 42.2 Å². The molecule has 1 amide bonds. The number of nitrogens with zero attached hydrogens (tertiary/aromatic N) is 2. The lowest BCUT2D eigenvalue weighted by atomic mass is 10.2. The molecular formula is C20H25N3O3. The van der Waals surface area contributed by atoms with Crippen molar-refractivity contribution in [3.8, 4) is 11.5 Å². The summed E-state index contributed by atoms with van der Waals surface area (Å²) >= 11 is 0. The van der Waals surface area contributed by atoms with Crippen LogP contribution in [0, 0.1) is 0 Å². The Hall–Kier alpha value is -2.76. The quantitative estimate of drug-likeness (QED) is 0.882. The van der Waals surface area contributed by atoms with Crippen LogP contribution in [-0.2, 0) is 0 Å². The molecule has 6 nitrogen and oxygen atoms in total. The first kappa shape index (κ1) is 18.0. The SMILES string of the molecule is COc1ccc(Nc2ccnc(C(=O)N3CCCCCC3)c2)c(OC)c1. The van der Waals surface area contributed by atoms with Crippen molar-refractivity contribution in [2.45, 2.75) is 25.7 Å². The second-order valence-electron chi connectivity index (χ2n) is 6.33. The Morgan fingerprint density at radius 3 is 2.50 bits per heavy atom. The van der Waals surface area contributed by atoms with Crippen LogP contribution in [0.25, 0.3) is 0 Å². The van der Waals surface area contributed by atoms with Gasteiger partial charge in [-0.2, -0.15) is 0 Å². The van der Waals surface area contributed by atoms with Gasteiger partial charge in [-0.1, -0.05) is 12.8 Å². The number of ether oxygens (including phenoxy) is 2.